The van der Waals surface area contributed by atoms with Crippen molar-refractivity contribution in [3.05, 3.63) is 34.5 Å². The highest BCUT2D eigenvalue weighted by Crippen LogP contribution is 2.33. The van der Waals surface area contributed by atoms with Gasteiger partial charge in [0, 0.05) is 32.6 Å². The fraction of sp³-hybridized carbons (Fsp3) is 0.474. The number of carbonyl (C=O) groups excluding carboxylic acids is 2. The quantitative estimate of drug-likeness (QED) is 0.826. The molecule has 2 aromatic rings. The summed E-state index contributed by atoms with van der Waals surface area (Å²) < 4.78 is 33.9. The van der Waals surface area contributed by atoms with Crippen molar-refractivity contribution >= 4 is 34.3 Å². The summed E-state index contributed by atoms with van der Waals surface area (Å²) in [6.45, 7) is 5.11. The van der Waals surface area contributed by atoms with Crippen molar-refractivity contribution in [2.24, 2.45) is 0 Å². The number of fused-ring (bicyclic) bond motifs is 1. The molecular formula is C19H20ClF2N3O3. The highest BCUT2D eigenvalue weighted by molar-refractivity contribution is 6.35. The average molecular weight is 412 g/mol. The lowest BCUT2D eigenvalue weighted by molar-refractivity contribution is -0.201. The number of hydrogen-bond donors (Lipinski definition) is 1. The van der Waals surface area contributed by atoms with Crippen LogP contribution >= 0.6 is 11.6 Å². The second-order valence-electron chi connectivity index (χ2n) is 7.79. The minimum absolute atomic E-state index is 0.0783. The van der Waals surface area contributed by atoms with E-state index in [1.807, 2.05) is 13.8 Å². The second kappa shape index (κ2) is 6.70. The zero-order chi connectivity index (χ0) is 20.2. The van der Waals surface area contributed by atoms with Gasteiger partial charge < -0.3 is 19.5 Å². The van der Waals surface area contributed by atoms with Gasteiger partial charge in [-0.25, -0.2) is 8.78 Å². The largest absolute Gasteiger partial charge is 0.362 e. The van der Waals surface area contributed by atoms with E-state index < -0.39 is 23.6 Å². The van der Waals surface area contributed by atoms with Gasteiger partial charge in [0.2, 0.25) is 0 Å². The van der Waals surface area contributed by atoms with Crippen LogP contribution in [0.1, 0.15) is 30.8 Å². The number of rotatable bonds is 2. The smallest absolute Gasteiger partial charge is 0.273 e. The number of ether oxygens (including phenoxy) is 1. The minimum Gasteiger partial charge on any atom is -0.362 e. The fourth-order valence-corrected chi connectivity index (χ4v) is 4.03. The lowest BCUT2D eigenvalue weighted by Gasteiger charge is -2.45. The Bertz CT molecular complexity index is 959. The SMILES string of the molecule is CC1(C)C[C@@H](C(=O)N2CCN(C(=O)c3[nH]c4ccc(F)c(Cl)c4c3F)CC2)O1. The van der Waals surface area contributed by atoms with E-state index in [0.29, 0.717) is 19.5 Å². The maximum Gasteiger partial charge on any atom is 0.273 e. The van der Waals surface area contributed by atoms with Gasteiger partial charge in [0.1, 0.15) is 17.6 Å². The van der Waals surface area contributed by atoms with Gasteiger partial charge in [0.25, 0.3) is 11.8 Å². The summed E-state index contributed by atoms with van der Waals surface area (Å²) in [5.41, 5.74) is -0.274. The van der Waals surface area contributed by atoms with E-state index in [4.69, 9.17) is 16.3 Å². The van der Waals surface area contributed by atoms with Crippen molar-refractivity contribution in [1.82, 2.24) is 14.8 Å². The van der Waals surface area contributed by atoms with Crippen molar-refractivity contribution in [3.63, 3.8) is 0 Å². The van der Waals surface area contributed by atoms with Gasteiger partial charge in [-0.2, -0.15) is 0 Å². The van der Waals surface area contributed by atoms with Crippen LogP contribution in [0.5, 0.6) is 0 Å². The van der Waals surface area contributed by atoms with Crippen molar-refractivity contribution in [2.45, 2.75) is 32.0 Å². The number of aromatic amines is 1. The first-order valence-corrected chi connectivity index (χ1v) is 9.47. The Balaban J connectivity index is 1.45. The molecule has 9 heteroatoms. The number of H-pyrrole nitrogens is 1. The minimum atomic E-state index is -0.867. The molecule has 2 fully saturated rings. The molecular weight excluding hydrogens is 392 g/mol. The molecule has 2 aliphatic rings. The molecule has 1 atom stereocenters. The molecule has 3 heterocycles. The summed E-state index contributed by atoms with van der Waals surface area (Å²) in [4.78, 5) is 31.0. The number of hydrogen-bond acceptors (Lipinski definition) is 3. The molecule has 6 nitrogen and oxygen atoms in total. The number of nitrogens with one attached hydrogen (secondary N) is 1. The van der Waals surface area contributed by atoms with Gasteiger partial charge in [-0.3, -0.25) is 9.59 Å². The summed E-state index contributed by atoms with van der Waals surface area (Å²) >= 11 is 5.84. The van der Waals surface area contributed by atoms with Gasteiger partial charge in [-0.1, -0.05) is 11.6 Å². The zero-order valence-electron chi connectivity index (χ0n) is 15.5. The predicted molar refractivity (Wildman–Crippen MR) is 99.3 cm³/mol. The predicted octanol–water partition coefficient (Wildman–Crippen LogP) is 2.95. The second-order valence-corrected chi connectivity index (χ2v) is 8.16. The monoisotopic (exact) mass is 411 g/mol. The first kappa shape index (κ1) is 19.1. The Morgan fingerprint density at radius 3 is 2.39 bits per heavy atom. The molecule has 1 N–H and O–H groups in total. The number of halogens is 3. The van der Waals surface area contributed by atoms with Crippen LogP contribution in [0.15, 0.2) is 12.1 Å². The van der Waals surface area contributed by atoms with Crippen molar-refractivity contribution in [3.8, 4) is 0 Å². The molecule has 2 aliphatic heterocycles. The summed E-state index contributed by atoms with van der Waals surface area (Å²) in [5, 5.41) is -0.493. The van der Waals surface area contributed by atoms with Crippen molar-refractivity contribution in [1.29, 1.82) is 0 Å². The molecule has 0 aliphatic carbocycles. The topological polar surface area (TPSA) is 65.6 Å². The Labute approximate surface area is 165 Å². The van der Waals surface area contributed by atoms with E-state index in [1.54, 1.807) is 4.90 Å². The maximum absolute atomic E-state index is 14.7. The standard InChI is InChI=1S/C19H20ClF2N3O3/c1-19(2)9-12(28-19)17(26)24-5-7-25(8-6-24)18(27)16-15(22)13-11(23-16)4-3-10(21)14(13)20/h3-4,12,23H,5-9H2,1-2H3/t12-/m0/s1. The number of piperazine rings is 1. The molecule has 2 amide bonds. The van der Waals surface area contributed by atoms with Gasteiger partial charge in [-0.15, -0.1) is 0 Å². The lowest BCUT2D eigenvalue weighted by atomic mass is 9.92. The Kier molecular flexibility index (Phi) is 4.58. The van der Waals surface area contributed by atoms with Crippen LogP contribution in [-0.2, 0) is 9.53 Å². The molecule has 1 aromatic carbocycles. The average Bonchev–Trinajstić information content (AvgIpc) is 2.99. The summed E-state index contributed by atoms with van der Waals surface area (Å²) in [6, 6.07) is 2.45. The van der Waals surface area contributed by atoms with E-state index >= 15 is 0 Å². The van der Waals surface area contributed by atoms with Crippen LogP contribution < -0.4 is 0 Å². The van der Waals surface area contributed by atoms with Crippen molar-refractivity contribution < 1.29 is 23.1 Å². The van der Waals surface area contributed by atoms with Crippen LogP contribution in [0.2, 0.25) is 5.02 Å². The number of amides is 2. The molecule has 2 saturated heterocycles. The highest BCUT2D eigenvalue weighted by Gasteiger charge is 2.44. The molecule has 4 rings (SSSR count). The van der Waals surface area contributed by atoms with Crippen LogP contribution in [0.25, 0.3) is 10.9 Å². The number of nitrogens with zero attached hydrogens (tertiary/aromatic N) is 2. The van der Waals surface area contributed by atoms with Crippen LogP contribution in [0, 0.1) is 11.6 Å². The van der Waals surface area contributed by atoms with E-state index in [2.05, 4.69) is 4.98 Å². The van der Waals surface area contributed by atoms with Crippen LogP contribution in [0.3, 0.4) is 0 Å². The number of aromatic nitrogens is 1. The molecule has 0 radical (unpaired) electrons. The normalized spacial score (nSPS) is 21.7. The van der Waals surface area contributed by atoms with E-state index in [-0.39, 0.29) is 46.2 Å². The highest BCUT2D eigenvalue weighted by atomic mass is 35.5. The Morgan fingerprint density at radius 1 is 1.18 bits per heavy atom. The summed E-state index contributed by atoms with van der Waals surface area (Å²) in [6.07, 6.45) is 0.239. The molecule has 1 aromatic heterocycles. The molecule has 150 valence electrons. The van der Waals surface area contributed by atoms with E-state index in [0.717, 1.165) is 6.07 Å². The van der Waals surface area contributed by atoms with Gasteiger partial charge >= 0.3 is 0 Å². The number of carbonyl (C=O) groups is 2. The Morgan fingerprint density at radius 2 is 1.79 bits per heavy atom. The van der Waals surface area contributed by atoms with Crippen molar-refractivity contribution in [2.75, 3.05) is 26.2 Å². The first-order chi connectivity index (χ1) is 13.2. The lowest BCUT2D eigenvalue weighted by Crippen LogP contribution is -2.58. The summed E-state index contributed by atoms with van der Waals surface area (Å²) in [7, 11) is 0. The van der Waals surface area contributed by atoms with E-state index in [9.17, 15) is 18.4 Å². The molecule has 0 bridgehead atoms. The molecule has 0 spiro atoms. The molecule has 0 saturated carbocycles. The van der Waals surface area contributed by atoms with Gasteiger partial charge in [0.15, 0.2) is 5.82 Å². The zero-order valence-corrected chi connectivity index (χ0v) is 16.3. The molecule has 28 heavy (non-hydrogen) atoms. The molecule has 0 unspecified atom stereocenters. The van der Waals surface area contributed by atoms with Crippen LogP contribution in [0.4, 0.5) is 8.78 Å². The number of benzene rings is 1. The third-order valence-electron chi connectivity index (χ3n) is 5.30. The Hall–Kier alpha value is -2.19. The van der Waals surface area contributed by atoms with Gasteiger partial charge in [-0.05, 0) is 26.0 Å². The van der Waals surface area contributed by atoms with Crippen LogP contribution in [-0.4, -0.2) is 64.5 Å². The summed E-state index contributed by atoms with van der Waals surface area (Å²) in [5.74, 6) is -2.24. The third kappa shape index (κ3) is 3.14. The maximum atomic E-state index is 14.7. The third-order valence-corrected chi connectivity index (χ3v) is 5.67. The van der Waals surface area contributed by atoms with E-state index in [1.165, 1.54) is 11.0 Å². The van der Waals surface area contributed by atoms with Gasteiger partial charge in [0.05, 0.1) is 21.5 Å². The fourth-order valence-electron chi connectivity index (χ4n) is 3.78. The first-order valence-electron chi connectivity index (χ1n) is 9.09.